The van der Waals surface area contributed by atoms with Crippen LogP contribution in [0.2, 0.25) is 0 Å². The number of nitrogens with one attached hydrogen (secondary N) is 1. The number of hydrogen-bond donors (Lipinski definition) is 1. The normalized spacial score (nSPS) is 18.2. The minimum absolute atomic E-state index is 0.0139. The van der Waals surface area contributed by atoms with E-state index in [2.05, 4.69) is 16.4 Å². The first-order valence-electron chi connectivity index (χ1n) is 6.41. The largest absolute Gasteiger partial charge is 0.359 e. The highest BCUT2D eigenvalue weighted by molar-refractivity contribution is 5.79. The van der Waals surface area contributed by atoms with Gasteiger partial charge in [0.2, 0.25) is 5.91 Å². The summed E-state index contributed by atoms with van der Waals surface area (Å²) in [6, 6.07) is 4.06. The monoisotopic (exact) mass is 258 g/mol. The second kappa shape index (κ2) is 5.27. The number of aromatic nitrogens is 1. The minimum atomic E-state index is -0.0139. The van der Waals surface area contributed by atoms with Crippen molar-refractivity contribution in [1.29, 1.82) is 5.26 Å². The molecular formula is C14H18N4O. The van der Waals surface area contributed by atoms with Crippen molar-refractivity contribution in [1.82, 2.24) is 10.3 Å². The lowest BCUT2D eigenvalue weighted by Crippen LogP contribution is -2.30. The van der Waals surface area contributed by atoms with Crippen LogP contribution in [0.1, 0.15) is 23.2 Å². The second-order valence-corrected chi connectivity index (χ2v) is 4.92. The van der Waals surface area contributed by atoms with Crippen LogP contribution in [0.4, 0.5) is 5.82 Å². The van der Waals surface area contributed by atoms with E-state index in [1.807, 2.05) is 24.8 Å². The number of aryl methyl sites for hydroxylation is 2. The molecule has 0 saturated carbocycles. The molecule has 1 aromatic rings. The van der Waals surface area contributed by atoms with Crippen molar-refractivity contribution < 1.29 is 4.79 Å². The number of anilines is 1. The van der Waals surface area contributed by atoms with Gasteiger partial charge in [-0.15, -0.1) is 0 Å². The Morgan fingerprint density at radius 1 is 1.58 bits per heavy atom. The van der Waals surface area contributed by atoms with Crippen molar-refractivity contribution >= 4 is 11.7 Å². The Bertz CT molecular complexity index is 547. The standard InChI is InChI=1S/C14H18N4O/c1-9-6-12(7-15)13(17-10(9)2)18-5-4-11(8-18)14(19)16-3/h6,11H,4-5,8H2,1-3H3,(H,16,19)/t11-/m0/s1. The number of carbonyl (C=O) groups excluding carboxylic acids is 1. The molecule has 1 aliphatic heterocycles. The molecule has 0 aromatic carbocycles. The van der Waals surface area contributed by atoms with Gasteiger partial charge in [-0.2, -0.15) is 5.26 Å². The first-order chi connectivity index (χ1) is 9.06. The molecule has 100 valence electrons. The van der Waals surface area contributed by atoms with Gasteiger partial charge in [-0.3, -0.25) is 4.79 Å². The van der Waals surface area contributed by atoms with Gasteiger partial charge in [0.25, 0.3) is 0 Å². The van der Waals surface area contributed by atoms with Gasteiger partial charge in [0, 0.05) is 25.8 Å². The summed E-state index contributed by atoms with van der Waals surface area (Å²) >= 11 is 0. The molecule has 2 rings (SSSR count). The molecule has 1 aromatic heterocycles. The molecule has 0 radical (unpaired) electrons. The number of carbonyl (C=O) groups is 1. The van der Waals surface area contributed by atoms with Crippen LogP contribution in [0.15, 0.2) is 6.07 Å². The summed E-state index contributed by atoms with van der Waals surface area (Å²) in [4.78, 5) is 18.2. The Morgan fingerprint density at radius 3 is 2.95 bits per heavy atom. The van der Waals surface area contributed by atoms with Gasteiger partial charge in [-0.25, -0.2) is 4.98 Å². The van der Waals surface area contributed by atoms with Gasteiger partial charge in [-0.05, 0) is 31.9 Å². The maximum atomic E-state index is 11.6. The van der Waals surface area contributed by atoms with Crippen molar-refractivity contribution in [2.24, 2.45) is 5.92 Å². The molecule has 0 bridgehead atoms. The average Bonchev–Trinajstić information content (AvgIpc) is 2.90. The molecule has 5 heteroatoms. The predicted octanol–water partition coefficient (Wildman–Crippen LogP) is 1.14. The maximum Gasteiger partial charge on any atom is 0.224 e. The molecule has 2 heterocycles. The number of hydrogen-bond acceptors (Lipinski definition) is 4. The van der Waals surface area contributed by atoms with Crippen LogP contribution < -0.4 is 10.2 Å². The topological polar surface area (TPSA) is 69.0 Å². The van der Waals surface area contributed by atoms with Gasteiger partial charge in [0.15, 0.2) is 0 Å². The molecule has 1 saturated heterocycles. The third-order valence-electron chi connectivity index (χ3n) is 3.67. The molecule has 1 atom stereocenters. The average molecular weight is 258 g/mol. The smallest absolute Gasteiger partial charge is 0.224 e. The lowest BCUT2D eigenvalue weighted by molar-refractivity contribution is -0.123. The first kappa shape index (κ1) is 13.3. The van der Waals surface area contributed by atoms with Crippen LogP contribution in [0.5, 0.6) is 0 Å². The zero-order chi connectivity index (χ0) is 14.0. The lowest BCUT2D eigenvalue weighted by Gasteiger charge is -2.19. The molecular weight excluding hydrogens is 240 g/mol. The van der Waals surface area contributed by atoms with Crippen LogP contribution in [0.3, 0.4) is 0 Å². The van der Waals surface area contributed by atoms with Crippen molar-refractivity contribution in [2.75, 3.05) is 25.0 Å². The van der Waals surface area contributed by atoms with Crippen molar-refractivity contribution in [3.63, 3.8) is 0 Å². The molecule has 1 aliphatic rings. The van der Waals surface area contributed by atoms with Crippen molar-refractivity contribution in [3.05, 3.63) is 22.9 Å². The molecule has 0 aliphatic carbocycles. The summed E-state index contributed by atoms with van der Waals surface area (Å²) in [5.41, 5.74) is 2.53. The highest BCUT2D eigenvalue weighted by Gasteiger charge is 2.29. The highest BCUT2D eigenvalue weighted by Crippen LogP contribution is 2.26. The van der Waals surface area contributed by atoms with E-state index in [0.29, 0.717) is 17.9 Å². The van der Waals surface area contributed by atoms with Crippen molar-refractivity contribution in [3.8, 4) is 6.07 Å². The Morgan fingerprint density at radius 2 is 2.32 bits per heavy atom. The number of pyridine rings is 1. The molecule has 0 unspecified atom stereocenters. The zero-order valence-electron chi connectivity index (χ0n) is 11.5. The fourth-order valence-electron chi connectivity index (χ4n) is 2.39. The first-order valence-corrected chi connectivity index (χ1v) is 6.41. The fraction of sp³-hybridized carbons (Fsp3) is 0.500. The van der Waals surface area contributed by atoms with E-state index in [9.17, 15) is 10.1 Å². The summed E-state index contributed by atoms with van der Waals surface area (Å²) < 4.78 is 0. The van der Waals surface area contributed by atoms with Gasteiger partial charge in [0.1, 0.15) is 11.9 Å². The van der Waals surface area contributed by atoms with E-state index in [1.54, 1.807) is 7.05 Å². The van der Waals surface area contributed by atoms with Gasteiger partial charge in [-0.1, -0.05) is 0 Å². The van der Waals surface area contributed by atoms with Crippen LogP contribution in [0.25, 0.3) is 0 Å². The van der Waals surface area contributed by atoms with E-state index < -0.39 is 0 Å². The minimum Gasteiger partial charge on any atom is -0.359 e. The molecule has 19 heavy (non-hydrogen) atoms. The Labute approximate surface area is 113 Å². The van der Waals surface area contributed by atoms with E-state index in [-0.39, 0.29) is 11.8 Å². The quantitative estimate of drug-likeness (QED) is 0.863. The van der Waals surface area contributed by atoms with E-state index in [4.69, 9.17) is 0 Å². The van der Waals surface area contributed by atoms with E-state index >= 15 is 0 Å². The fourth-order valence-corrected chi connectivity index (χ4v) is 2.39. The third-order valence-corrected chi connectivity index (χ3v) is 3.67. The number of nitrogens with zero attached hydrogens (tertiary/aromatic N) is 3. The van der Waals surface area contributed by atoms with Crippen LogP contribution >= 0.6 is 0 Å². The second-order valence-electron chi connectivity index (χ2n) is 4.92. The molecule has 5 nitrogen and oxygen atoms in total. The van der Waals surface area contributed by atoms with Crippen LogP contribution in [0, 0.1) is 31.1 Å². The van der Waals surface area contributed by atoms with Crippen molar-refractivity contribution in [2.45, 2.75) is 20.3 Å². The predicted molar refractivity (Wildman–Crippen MR) is 72.8 cm³/mol. The molecule has 1 N–H and O–H groups in total. The van der Waals surface area contributed by atoms with Gasteiger partial charge >= 0.3 is 0 Å². The number of amides is 1. The lowest BCUT2D eigenvalue weighted by atomic mass is 10.1. The van der Waals surface area contributed by atoms with Crippen LogP contribution in [-0.2, 0) is 4.79 Å². The summed E-state index contributed by atoms with van der Waals surface area (Å²) in [7, 11) is 1.65. The van der Waals surface area contributed by atoms with E-state index in [0.717, 1.165) is 24.2 Å². The Kier molecular flexibility index (Phi) is 3.70. The highest BCUT2D eigenvalue weighted by atomic mass is 16.1. The summed E-state index contributed by atoms with van der Waals surface area (Å²) in [5, 5.41) is 11.9. The molecule has 1 fully saturated rings. The maximum absolute atomic E-state index is 11.6. The summed E-state index contributed by atoms with van der Waals surface area (Å²) in [5.74, 6) is 0.752. The number of rotatable bonds is 2. The van der Waals surface area contributed by atoms with Gasteiger partial charge in [0.05, 0.1) is 11.5 Å². The summed E-state index contributed by atoms with van der Waals surface area (Å²) in [6.07, 6.45) is 0.805. The molecule has 0 spiro atoms. The number of nitriles is 1. The summed E-state index contributed by atoms with van der Waals surface area (Å²) in [6.45, 7) is 5.28. The van der Waals surface area contributed by atoms with Crippen LogP contribution in [-0.4, -0.2) is 31.0 Å². The Hall–Kier alpha value is -2.09. The SMILES string of the molecule is CNC(=O)[C@H]1CCN(c2nc(C)c(C)cc2C#N)C1. The van der Waals surface area contributed by atoms with E-state index in [1.165, 1.54) is 0 Å². The third kappa shape index (κ3) is 2.53. The zero-order valence-corrected chi connectivity index (χ0v) is 11.5. The molecule has 1 amide bonds. The Balaban J connectivity index is 2.27. The van der Waals surface area contributed by atoms with Gasteiger partial charge < -0.3 is 10.2 Å².